The van der Waals surface area contributed by atoms with Gasteiger partial charge in [-0.05, 0) is 19.1 Å². The quantitative estimate of drug-likeness (QED) is 0.353. The largest absolute Gasteiger partial charge is 0.386 e. The molecule has 3 heteroatoms. The first-order valence-electron chi connectivity index (χ1n) is 4.43. The van der Waals surface area contributed by atoms with Crippen LogP contribution in [0.1, 0.15) is 20.8 Å². The molecular formula is C10H21N3. The Labute approximate surface area is 81.4 Å². The van der Waals surface area contributed by atoms with Crippen molar-refractivity contribution in [2.24, 2.45) is 5.84 Å². The lowest BCUT2D eigenvalue weighted by molar-refractivity contribution is 0.869. The van der Waals surface area contributed by atoms with Crippen LogP contribution in [0.15, 0.2) is 36.2 Å². The predicted octanol–water partition coefficient (Wildman–Crippen LogP) is 1.67. The second-order valence-electron chi connectivity index (χ2n) is 1.93. The van der Waals surface area contributed by atoms with Gasteiger partial charge in [-0.1, -0.05) is 26.5 Å². The summed E-state index contributed by atoms with van der Waals surface area (Å²) in [5.41, 5.74) is 4.27. The van der Waals surface area contributed by atoms with Gasteiger partial charge in [0.25, 0.3) is 0 Å². The predicted molar refractivity (Wildman–Crippen MR) is 59.8 cm³/mol. The molecule has 4 N–H and O–H groups in total. The van der Waals surface area contributed by atoms with Crippen molar-refractivity contribution in [2.75, 3.05) is 7.05 Å². The van der Waals surface area contributed by atoms with E-state index in [0.29, 0.717) is 0 Å². The third-order valence-electron chi connectivity index (χ3n) is 1.25. The van der Waals surface area contributed by atoms with Gasteiger partial charge >= 0.3 is 0 Å². The SMILES string of the molecule is C=C/C(NC)=C(\C=C/C)NN.CC. The molecule has 0 radical (unpaired) electrons. The summed E-state index contributed by atoms with van der Waals surface area (Å²) in [4.78, 5) is 0. The summed E-state index contributed by atoms with van der Waals surface area (Å²) in [6.07, 6.45) is 5.47. The van der Waals surface area contributed by atoms with Crippen LogP contribution in [-0.2, 0) is 0 Å². The molecule has 0 aromatic heterocycles. The van der Waals surface area contributed by atoms with Gasteiger partial charge in [0.1, 0.15) is 0 Å². The van der Waals surface area contributed by atoms with E-state index in [1.807, 2.05) is 40.0 Å². The highest BCUT2D eigenvalue weighted by Crippen LogP contribution is 1.98. The fourth-order valence-corrected chi connectivity index (χ4v) is 0.729. The van der Waals surface area contributed by atoms with E-state index in [9.17, 15) is 0 Å². The molecule has 3 nitrogen and oxygen atoms in total. The van der Waals surface area contributed by atoms with Gasteiger partial charge in [0.15, 0.2) is 0 Å². The number of hydrogen-bond acceptors (Lipinski definition) is 3. The smallest absolute Gasteiger partial charge is 0.0714 e. The van der Waals surface area contributed by atoms with Crippen LogP contribution >= 0.6 is 0 Å². The molecule has 0 aliphatic carbocycles. The number of rotatable bonds is 4. The molecule has 0 spiro atoms. The van der Waals surface area contributed by atoms with Crippen molar-refractivity contribution >= 4 is 0 Å². The van der Waals surface area contributed by atoms with Crippen LogP contribution in [0, 0.1) is 0 Å². The van der Waals surface area contributed by atoms with Gasteiger partial charge in [0, 0.05) is 7.05 Å². The number of nitrogens with one attached hydrogen (secondary N) is 2. The third kappa shape index (κ3) is 5.99. The molecule has 0 unspecified atom stereocenters. The molecule has 0 aliphatic rings. The maximum absolute atomic E-state index is 5.26. The van der Waals surface area contributed by atoms with Crippen LogP contribution in [0.4, 0.5) is 0 Å². The zero-order valence-corrected chi connectivity index (χ0v) is 9.02. The van der Waals surface area contributed by atoms with Crippen LogP contribution in [0.2, 0.25) is 0 Å². The summed E-state index contributed by atoms with van der Waals surface area (Å²) in [5.74, 6) is 5.26. The Kier molecular flexibility index (Phi) is 11.9. The summed E-state index contributed by atoms with van der Waals surface area (Å²) in [5, 5.41) is 2.96. The fraction of sp³-hybridized carbons (Fsp3) is 0.400. The molecule has 0 fully saturated rings. The molecule has 13 heavy (non-hydrogen) atoms. The molecule has 0 saturated carbocycles. The summed E-state index contributed by atoms with van der Waals surface area (Å²) >= 11 is 0. The van der Waals surface area contributed by atoms with E-state index in [0.717, 1.165) is 11.4 Å². The molecule has 76 valence electrons. The Morgan fingerprint density at radius 1 is 1.31 bits per heavy atom. The summed E-state index contributed by atoms with van der Waals surface area (Å²) in [6.45, 7) is 9.56. The number of nitrogens with two attached hydrogens (primary N) is 1. The standard InChI is InChI=1S/C8H15N3.C2H6/c1-4-6-8(11-9)7(5-2)10-3;1-2/h4-6,10-11H,2,9H2,1,3H3;1-2H3/b6-4-,8-7-;. The highest BCUT2D eigenvalue weighted by molar-refractivity contribution is 5.28. The minimum absolute atomic E-state index is 0.824. The summed E-state index contributed by atoms with van der Waals surface area (Å²) in [6, 6.07) is 0. The van der Waals surface area contributed by atoms with E-state index in [1.165, 1.54) is 0 Å². The molecule has 0 heterocycles. The van der Waals surface area contributed by atoms with Gasteiger partial charge < -0.3 is 10.7 Å². The summed E-state index contributed by atoms with van der Waals surface area (Å²) in [7, 11) is 1.82. The van der Waals surface area contributed by atoms with E-state index >= 15 is 0 Å². The molecular weight excluding hydrogens is 162 g/mol. The van der Waals surface area contributed by atoms with E-state index in [4.69, 9.17) is 5.84 Å². The third-order valence-corrected chi connectivity index (χ3v) is 1.25. The van der Waals surface area contributed by atoms with Crippen molar-refractivity contribution in [1.82, 2.24) is 10.7 Å². The van der Waals surface area contributed by atoms with Crippen LogP contribution < -0.4 is 16.6 Å². The lowest BCUT2D eigenvalue weighted by Crippen LogP contribution is -2.24. The number of likely N-dealkylation sites (N-methyl/N-ethyl adjacent to an activating group) is 1. The van der Waals surface area contributed by atoms with Crippen LogP contribution in [0.5, 0.6) is 0 Å². The monoisotopic (exact) mass is 183 g/mol. The lowest BCUT2D eigenvalue weighted by Gasteiger charge is -2.06. The molecule has 0 aliphatic heterocycles. The molecule has 0 atom stereocenters. The van der Waals surface area contributed by atoms with Gasteiger partial charge in [0.05, 0.1) is 11.4 Å². The Bertz CT molecular complexity index is 181. The van der Waals surface area contributed by atoms with Gasteiger partial charge in [-0.2, -0.15) is 0 Å². The molecule has 0 aromatic rings. The van der Waals surface area contributed by atoms with Crippen molar-refractivity contribution in [3.63, 3.8) is 0 Å². The zero-order valence-electron chi connectivity index (χ0n) is 9.02. The molecule has 0 aromatic carbocycles. The number of allylic oxidation sites excluding steroid dienone is 3. The van der Waals surface area contributed by atoms with Gasteiger partial charge in [0.2, 0.25) is 0 Å². The fourth-order valence-electron chi connectivity index (χ4n) is 0.729. The Morgan fingerprint density at radius 3 is 2.08 bits per heavy atom. The van der Waals surface area contributed by atoms with Crippen molar-refractivity contribution in [1.29, 1.82) is 0 Å². The van der Waals surface area contributed by atoms with Gasteiger partial charge in [-0.15, -0.1) is 0 Å². The first-order chi connectivity index (χ1) is 6.29. The first kappa shape index (κ1) is 14.3. The van der Waals surface area contributed by atoms with Crippen molar-refractivity contribution < 1.29 is 0 Å². The van der Waals surface area contributed by atoms with Crippen molar-refractivity contribution in [2.45, 2.75) is 20.8 Å². The minimum Gasteiger partial charge on any atom is -0.386 e. The van der Waals surface area contributed by atoms with Crippen molar-refractivity contribution in [3.05, 3.63) is 36.2 Å². The number of hydrazine groups is 1. The average Bonchev–Trinajstić information content (AvgIpc) is 2.21. The zero-order chi connectivity index (χ0) is 10.7. The average molecular weight is 183 g/mol. The number of hydrogen-bond donors (Lipinski definition) is 3. The lowest BCUT2D eigenvalue weighted by atomic mass is 10.3. The molecule has 0 saturated heterocycles. The Balaban J connectivity index is 0. The van der Waals surface area contributed by atoms with Crippen LogP contribution in [0.3, 0.4) is 0 Å². The summed E-state index contributed by atoms with van der Waals surface area (Å²) < 4.78 is 0. The second-order valence-corrected chi connectivity index (χ2v) is 1.93. The molecule has 0 rings (SSSR count). The minimum atomic E-state index is 0.824. The Hall–Kier alpha value is -1.22. The first-order valence-corrected chi connectivity index (χ1v) is 4.43. The van der Waals surface area contributed by atoms with Crippen LogP contribution in [0.25, 0.3) is 0 Å². The second kappa shape index (κ2) is 10.8. The van der Waals surface area contributed by atoms with Gasteiger partial charge in [-0.25, -0.2) is 0 Å². The maximum atomic E-state index is 5.26. The maximum Gasteiger partial charge on any atom is 0.0714 e. The van der Waals surface area contributed by atoms with E-state index in [1.54, 1.807) is 6.08 Å². The van der Waals surface area contributed by atoms with E-state index in [-0.39, 0.29) is 0 Å². The molecule has 0 amide bonds. The van der Waals surface area contributed by atoms with E-state index < -0.39 is 0 Å². The van der Waals surface area contributed by atoms with E-state index in [2.05, 4.69) is 17.3 Å². The Morgan fingerprint density at radius 2 is 1.85 bits per heavy atom. The molecule has 0 bridgehead atoms. The van der Waals surface area contributed by atoms with Crippen molar-refractivity contribution in [3.8, 4) is 0 Å². The topological polar surface area (TPSA) is 50.1 Å². The highest BCUT2D eigenvalue weighted by Gasteiger charge is 1.93. The highest BCUT2D eigenvalue weighted by atomic mass is 15.2. The normalized spacial score (nSPS) is 11.2. The van der Waals surface area contributed by atoms with Crippen LogP contribution in [-0.4, -0.2) is 7.05 Å². The van der Waals surface area contributed by atoms with Gasteiger partial charge in [-0.3, -0.25) is 5.84 Å².